The normalized spacial score (nSPS) is 16.8. The molecule has 0 unspecified atom stereocenters. The summed E-state index contributed by atoms with van der Waals surface area (Å²) in [5.74, 6) is -0.181. The number of carbonyl (C=O) groups excluding carboxylic acids is 3. The Morgan fingerprint density at radius 3 is 2.50 bits per heavy atom. The summed E-state index contributed by atoms with van der Waals surface area (Å²) < 4.78 is 0. The van der Waals surface area contributed by atoms with Gasteiger partial charge >= 0.3 is 0 Å². The molecule has 2 aromatic rings. The fraction of sp³-hybridized carbons (Fsp3) is 0.400. The molecular weight excluding hydrogens is 404 g/mol. The van der Waals surface area contributed by atoms with Gasteiger partial charge < -0.3 is 15.5 Å². The molecule has 1 heterocycles. The van der Waals surface area contributed by atoms with Gasteiger partial charge in [-0.05, 0) is 56.5 Å². The van der Waals surface area contributed by atoms with Crippen molar-refractivity contribution < 1.29 is 14.4 Å². The van der Waals surface area contributed by atoms with Gasteiger partial charge in [-0.25, -0.2) is 0 Å². The van der Waals surface area contributed by atoms with Crippen molar-refractivity contribution in [3.8, 4) is 0 Å². The molecule has 0 spiro atoms. The fourth-order valence-corrected chi connectivity index (χ4v) is 3.93. The van der Waals surface area contributed by atoms with Crippen molar-refractivity contribution in [2.24, 2.45) is 0 Å². The van der Waals surface area contributed by atoms with Crippen molar-refractivity contribution in [1.82, 2.24) is 15.1 Å². The van der Waals surface area contributed by atoms with Gasteiger partial charge in [-0.1, -0.05) is 23.8 Å². The maximum atomic E-state index is 12.8. The van der Waals surface area contributed by atoms with Crippen LogP contribution in [0.25, 0.3) is 0 Å². The summed E-state index contributed by atoms with van der Waals surface area (Å²) in [6.07, 6.45) is 2.89. The zero-order chi connectivity index (χ0) is 22.5. The molecule has 7 nitrogen and oxygen atoms in total. The molecule has 168 valence electrons. The van der Waals surface area contributed by atoms with Crippen molar-refractivity contribution in [2.45, 2.75) is 32.2 Å². The predicted octanol–water partition coefficient (Wildman–Crippen LogP) is 2.67. The SMILES string of the molecule is Cc1cccc(C(=O)N2CCCN(CC(=O)Nc3cccc(C(=O)NC4CC4)c3)CC2)c1. The summed E-state index contributed by atoms with van der Waals surface area (Å²) in [6, 6.07) is 15.0. The molecular formula is C25H30N4O3. The first-order valence-electron chi connectivity index (χ1n) is 11.3. The van der Waals surface area contributed by atoms with Crippen LogP contribution in [0.3, 0.4) is 0 Å². The van der Waals surface area contributed by atoms with Crippen molar-refractivity contribution in [2.75, 3.05) is 38.0 Å². The number of aryl methyl sites for hydroxylation is 1. The number of amides is 3. The van der Waals surface area contributed by atoms with Crippen molar-refractivity contribution in [3.63, 3.8) is 0 Å². The summed E-state index contributed by atoms with van der Waals surface area (Å²) in [7, 11) is 0. The van der Waals surface area contributed by atoms with E-state index < -0.39 is 0 Å². The Hall–Kier alpha value is -3.19. The van der Waals surface area contributed by atoms with Gasteiger partial charge in [0.1, 0.15) is 0 Å². The highest BCUT2D eigenvalue weighted by atomic mass is 16.2. The second kappa shape index (κ2) is 9.96. The Kier molecular flexibility index (Phi) is 6.85. The first-order valence-corrected chi connectivity index (χ1v) is 11.3. The van der Waals surface area contributed by atoms with Gasteiger partial charge in [-0.15, -0.1) is 0 Å². The number of nitrogens with one attached hydrogen (secondary N) is 2. The van der Waals surface area contributed by atoms with Gasteiger partial charge in [0, 0.05) is 49.0 Å². The van der Waals surface area contributed by atoms with Gasteiger partial charge in [0.05, 0.1) is 6.54 Å². The van der Waals surface area contributed by atoms with E-state index >= 15 is 0 Å². The maximum absolute atomic E-state index is 12.8. The molecule has 2 aliphatic rings. The highest BCUT2D eigenvalue weighted by molar-refractivity contribution is 5.98. The molecule has 0 atom stereocenters. The van der Waals surface area contributed by atoms with Crippen LogP contribution >= 0.6 is 0 Å². The molecule has 1 aliphatic carbocycles. The Morgan fingerprint density at radius 2 is 1.72 bits per heavy atom. The Morgan fingerprint density at radius 1 is 0.938 bits per heavy atom. The minimum Gasteiger partial charge on any atom is -0.349 e. The van der Waals surface area contributed by atoms with Gasteiger partial charge in [-0.3, -0.25) is 19.3 Å². The first-order chi connectivity index (χ1) is 15.5. The number of nitrogens with zero attached hydrogens (tertiary/aromatic N) is 2. The highest BCUT2D eigenvalue weighted by Gasteiger charge is 2.24. The third-order valence-electron chi connectivity index (χ3n) is 5.83. The van der Waals surface area contributed by atoms with Crippen LogP contribution in [0.5, 0.6) is 0 Å². The fourth-order valence-electron chi connectivity index (χ4n) is 3.93. The van der Waals surface area contributed by atoms with E-state index in [9.17, 15) is 14.4 Å². The standard InChI is InChI=1S/C25H30N4O3/c1-18-5-2-7-20(15-18)25(32)29-12-4-11-28(13-14-29)17-23(30)26-22-8-3-6-19(16-22)24(31)27-21-9-10-21/h2-3,5-8,15-16,21H,4,9-14,17H2,1H3,(H,26,30)(H,27,31). The Balaban J connectivity index is 1.28. The van der Waals surface area contributed by atoms with E-state index in [-0.39, 0.29) is 24.3 Å². The van der Waals surface area contributed by atoms with Crippen LogP contribution in [0.15, 0.2) is 48.5 Å². The minimum absolute atomic E-state index is 0.0429. The first kappa shape index (κ1) is 22.0. The quantitative estimate of drug-likeness (QED) is 0.733. The molecule has 1 saturated heterocycles. The largest absolute Gasteiger partial charge is 0.349 e. The third kappa shape index (κ3) is 5.95. The smallest absolute Gasteiger partial charge is 0.253 e. The minimum atomic E-state index is -0.122. The molecule has 3 amide bonds. The van der Waals surface area contributed by atoms with E-state index in [4.69, 9.17) is 0 Å². The van der Waals surface area contributed by atoms with Crippen LogP contribution in [0.4, 0.5) is 5.69 Å². The topological polar surface area (TPSA) is 81.8 Å². The van der Waals surface area contributed by atoms with Gasteiger partial charge in [0.15, 0.2) is 0 Å². The molecule has 2 fully saturated rings. The molecule has 32 heavy (non-hydrogen) atoms. The number of hydrogen-bond donors (Lipinski definition) is 2. The van der Waals surface area contributed by atoms with E-state index in [0.29, 0.717) is 42.5 Å². The summed E-state index contributed by atoms with van der Waals surface area (Å²) in [4.78, 5) is 41.6. The molecule has 7 heteroatoms. The third-order valence-corrected chi connectivity index (χ3v) is 5.83. The predicted molar refractivity (Wildman–Crippen MR) is 124 cm³/mol. The molecule has 1 saturated carbocycles. The summed E-state index contributed by atoms with van der Waals surface area (Å²) in [5, 5.41) is 5.86. The van der Waals surface area contributed by atoms with E-state index in [2.05, 4.69) is 15.5 Å². The van der Waals surface area contributed by atoms with Crippen LogP contribution in [0, 0.1) is 6.92 Å². The second-order valence-corrected chi connectivity index (χ2v) is 8.67. The molecule has 0 bridgehead atoms. The van der Waals surface area contributed by atoms with Crippen LogP contribution in [-0.2, 0) is 4.79 Å². The molecule has 2 aromatic carbocycles. The highest BCUT2D eigenvalue weighted by Crippen LogP contribution is 2.20. The average molecular weight is 435 g/mol. The van der Waals surface area contributed by atoms with Crippen molar-refractivity contribution in [1.29, 1.82) is 0 Å². The van der Waals surface area contributed by atoms with Gasteiger partial charge in [0.25, 0.3) is 11.8 Å². The molecule has 1 aliphatic heterocycles. The lowest BCUT2D eigenvalue weighted by atomic mass is 10.1. The monoisotopic (exact) mass is 434 g/mol. The zero-order valence-corrected chi connectivity index (χ0v) is 18.5. The van der Waals surface area contributed by atoms with Gasteiger partial charge in [0.2, 0.25) is 5.91 Å². The molecule has 4 rings (SSSR count). The second-order valence-electron chi connectivity index (χ2n) is 8.67. The lowest BCUT2D eigenvalue weighted by Crippen LogP contribution is -2.38. The van der Waals surface area contributed by atoms with Gasteiger partial charge in [-0.2, -0.15) is 0 Å². The van der Waals surface area contributed by atoms with Crippen LogP contribution < -0.4 is 10.6 Å². The van der Waals surface area contributed by atoms with Crippen LogP contribution in [-0.4, -0.2) is 66.3 Å². The lowest BCUT2D eigenvalue weighted by molar-refractivity contribution is -0.117. The molecule has 2 N–H and O–H groups in total. The summed E-state index contributed by atoms with van der Waals surface area (Å²) >= 11 is 0. The van der Waals surface area contributed by atoms with Crippen LogP contribution in [0.1, 0.15) is 45.5 Å². The lowest BCUT2D eigenvalue weighted by Gasteiger charge is -2.22. The van der Waals surface area contributed by atoms with Crippen LogP contribution in [0.2, 0.25) is 0 Å². The summed E-state index contributed by atoms with van der Waals surface area (Å²) in [5.41, 5.74) is 2.94. The molecule has 0 radical (unpaired) electrons. The average Bonchev–Trinajstić information content (AvgIpc) is 3.61. The Bertz CT molecular complexity index is 1000. The zero-order valence-electron chi connectivity index (χ0n) is 18.5. The van der Waals surface area contributed by atoms with E-state index in [1.807, 2.05) is 36.1 Å². The van der Waals surface area contributed by atoms with E-state index in [1.54, 1.807) is 24.3 Å². The number of hydrogen-bond acceptors (Lipinski definition) is 4. The number of carbonyl (C=O) groups is 3. The van der Waals surface area contributed by atoms with E-state index in [0.717, 1.165) is 31.4 Å². The number of rotatable bonds is 6. The Labute approximate surface area is 188 Å². The molecule has 0 aromatic heterocycles. The number of anilines is 1. The van der Waals surface area contributed by atoms with E-state index in [1.165, 1.54) is 0 Å². The number of benzene rings is 2. The maximum Gasteiger partial charge on any atom is 0.253 e. The van der Waals surface area contributed by atoms with Crippen molar-refractivity contribution >= 4 is 23.4 Å². The van der Waals surface area contributed by atoms with Crippen molar-refractivity contribution in [3.05, 3.63) is 65.2 Å². The summed E-state index contributed by atoms with van der Waals surface area (Å²) in [6.45, 7) is 4.92.